The fourth-order valence-electron chi connectivity index (χ4n) is 5.51. The number of benzene rings is 3. The zero-order valence-electron chi connectivity index (χ0n) is 26.5. The smallest absolute Gasteiger partial charge is 0.253 e. The fraction of sp³-hybridized carbons (Fsp3) is 0.371. The van der Waals surface area contributed by atoms with Crippen molar-refractivity contribution in [3.63, 3.8) is 0 Å². The lowest BCUT2D eigenvalue weighted by Gasteiger charge is -2.23. The normalized spacial score (nSPS) is 17.8. The van der Waals surface area contributed by atoms with E-state index in [9.17, 15) is 19.2 Å². The summed E-state index contributed by atoms with van der Waals surface area (Å²) >= 11 is 0. The Balaban J connectivity index is 1.36. The van der Waals surface area contributed by atoms with Gasteiger partial charge in [-0.2, -0.15) is 0 Å². The average Bonchev–Trinajstić information content (AvgIpc) is 3.55. The lowest BCUT2D eigenvalue weighted by atomic mass is 10.1. The van der Waals surface area contributed by atoms with Crippen LogP contribution in [-0.2, 0) is 22.6 Å². The minimum Gasteiger partial charge on any atom is -0.493 e. The largest absolute Gasteiger partial charge is 0.493 e. The number of carbonyl (C=O) groups is 4. The second-order valence-electron chi connectivity index (χ2n) is 11.4. The van der Waals surface area contributed by atoms with Crippen LogP contribution < -0.4 is 30.2 Å². The van der Waals surface area contributed by atoms with Crippen molar-refractivity contribution in [1.29, 1.82) is 0 Å². The molecular weight excluding hydrogens is 607 g/mol. The van der Waals surface area contributed by atoms with Crippen LogP contribution in [0.15, 0.2) is 54.6 Å². The first kappa shape index (κ1) is 33.2. The maximum Gasteiger partial charge on any atom is 0.253 e. The van der Waals surface area contributed by atoms with E-state index in [2.05, 4.69) is 16.0 Å². The molecule has 3 aliphatic rings. The Bertz CT molecular complexity index is 1650. The van der Waals surface area contributed by atoms with E-state index in [1.165, 1.54) is 25.3 Å². The van der Waals surface area contributed by atoms with Crippen molar-refractivity contribution in [3.8, 4) is 23.0 Å². The Morgan fingerprint density at radius 2 is 1.77 bits per heavy atom. The lowest BCUT2D eigenvalue weighted by Crippen LogP contribution is -2.46. The average molecular weight is 647 g/mol. The van der Waals surface area contributed by atoms with Gasteiger partial charge in [-0.15, -0.1) is 0 Å². The number of carbonyl (C=O) groups excluding carboxylic acids is 4. The summed E-state index contributed by atoms with van der Waals surface area (Å²) in [6, 6.07) is 13.5. The van der Waals surface area contributed by atoms with Crippen molar-refractivity contribution in [1.82, 2.24) is 20.9 Å². The van der Waals surface area contributed by atoms with Gasteiger partial charge >= 0.3 is 0 Å². The lowest BCUT2D eigenvalue weighted by molar-refractivity contribution is -0.129. The van der Waals surface area contributed by atoms with Crippen LogP contribution in [0.3, 0.4) is 0 Å². The highest BCUT2D eigenvalue weighted by Gasteiger charge is 2.22. The molecule has 0 fully saturated rings. The molecule has 0 saturated carbocycles. The minimum absolute atomic E-state index is 0.0350. The number of fused-ring (bicyclic) bond motifs is 17. The van der Waals surface area contributed by atoms with Gasteiger partial charge in [-0.3, -0.25) is 19.2 Å². The summed E-state index contributed by atoms with van der Waals surface area (Å²) in [7, 11) is 1.44. The van der Waals surface area contributed by atoms with Gasteiger partial charge in [0, 0.05) is 50.1 Å². The molecule has 3 aliphatic heterocycles. The topological polar surface area (TPSA) is 135 Å². The fourth-order valence-corrected chi connectivity index (χ4v) is 5.51. The SMILES string of the molecule is CC[C@@H]1NC(=O)CCCN(C(=O)c2ccc3c(c2)CCO3)CCCNC(=O)c2ccc(OC)c(c2)Oc2ccc(cc2F)CNC1=O. The molecule has 248 valence electrons. The van der Waals surface area contributed by atoms with Gasteiger partial charge in [-0.1, -0.05) is 13.0 Å². The number of nitrogens with one attached hydrogen (secondary N) is 3. The molecule has 0 spiro atoms. The van der Waals surface area contributed by atoms with Crippen molar-refractivity contribution in [2.45, 2.75) is 51.6 Å². The summed E-state index contributed by atoms with van der Waals surface area (Å²) in [6.45, 7) is 3.30. The third-order valence-corrected chi connectivity index (χ3v) is 8.11. The van der Waals surface area contributed by atoms with Crippen LogP contribution in [0.2, 0.25) is 0 Å². The van der Waals surface area contributed by atoms with Crippen LogP contribution in [0.5, 0.6) is 23.0 Å². The summed E-state index contributed by atoms with van der Waals surface area (Å²) < 4.78 is 31.8. The molecular formula is C35H39FN4O7. The zero-order chi connectivity index (χ0) is 33.3. The van der Waals surface area contributed by atoms with E-state index in [0.717, 1.165) is 17.7 Å². The maximum absolute atomic E-state index is 15.1. The van der Waals surface area contributed by atoms with Gasteiger partial charge in [0.1, 0.15) is 11.8 Å². The number of methoxy groups -OCH3 is 1. The molecule has 0 radical (unpaired) electrons. The molecule has 3 aromatic carbocycles. The molecule has 11 nitrogen and oxygen atoms in total. The molecule has 3 heterocycles. The highest BCUT2D eigenvalue weighted by Crippen LogP contribution is 2.34. The van der Waals surface area contributed by atoms with Crippen molar-refractivity contribution < 1.29 is 37.8 Å². The predicted molar refractivity (Wildman–Crippen MR) is 171 cm³/mol. The van der Waals surface area contributed by atoms with Crippen LogP contribution in [0.1, 0.15) is 64.4 Å². The van der Waals surface area contributed by atoms with Gasteiger partial charge in [0.2, 0.25) is 11.8 Å². The van der Waals surface area contributed by atoms with E-state index >= 15 is 4.39 Å². The monoisotopic (exact) mass is 646 g/mol. The Morgan fingerprint density at radius 1 is 0.957 bits per heavy atom. The summed E-state index contributed by atoms with van der Waals surface area (Å²) in [6.07, 6.45) is 2.02. The maximum atomic E-state index is 15.1. The number of nitrogens with zero attached hydrogens (tertiary/aromatic N) is 1. The third kappa shape index (κ3) is 8.37. The van der Waals surface area contributed by atoms with Gasteiger partial charge < -0.3 is 35.1 Å². The molecule has 6 rings (SSSR count). The van der Waals surface area contributed by atoms with Crippen LogP contribution in [0, 0.1) is 5.82 Å². The molecule has 0 aromatic heterocycles. The Labute approximate surface area is 272 Å². The van der Waals surface area contributed by atoms with Crippen LogP contribution in [0.4, 0.5) is 4.39 Å². The second-order valence-corrected chi connectivity index (χ2v) is 11.4. The molecule has 3 N–H and O–H groups in total. The quantitative estimate of drug-likeness (QED) is 0.390. The number of rotatable bonds is 3. The van der Waals surface area contributed by atoms with Crippen molar-refractivity contribution >= 4 is 23.6 Å². The van der Waals surface area contributed by atoms with Crippen LogP contribution in [-0.4, -0.2) is 67.9 Å². The van der Waals surface area contributed by atoms with E-state index in [1.54, 1.807) is 42.2 Å². The standard InChI is InChI=1S/C35H39FN4O7/c1-3-27-34(43)38-21-22-7-10-29(26(36)18-22)47-31-20-24(8-12-30(31)45-2)33(42)37-14-5-16-40(15-4-6-32(41)39-27)35(44)25-9-11-28-23(19-25)13-17-46-28/h7-12,18-20,27H,3-6,13-17,21H2,1-2H3,(H,37,42)(H,38,43)(H,39,41)/t27-/m0/s1. The molecule has 0 aliphatic carbocycles. The summed E-state index contributed by atoms with van der Waals surface area (Å²) in [5.41, 5.74) is 2.27. The molecule has 4 bridgehead atoms. The van der Waals surface area contributed by atoms with Crippen molar-refractivity contribution in [3.05, 3.63) is 82.7 Å². The van der Waals surface area contributed by atoms with Gasteiger partial charge in [-0.25, -0.2) is 4.39 Å². The zero-order valence-corrected chi connectivity index (χ0v) is 26.5. The molecule has 1 atom stereocenters. The van der Waals surface area contributed by atoms with Crippen molar-refractivity contribution in [2.75, 3.05) is 33.4 Å². The van der Waals surface area contributed by atoms with E-state index in [-0.39, 0.29) is 54.3 Å². The van der Waals surface area contributed by atoms with Crippen LogP contribution in [0.25, 0.3) is 0 Å². The number of amides is 4. The molecule has 0 saturated heterocycles. The number of hydrogen-bond acceptors (Lipinski definition) is 7. The van der Waals surface area contributed by atoms with E-state index in [4.69, 9.17) is 14.2 Å². The molecule has 12 heteroatoms. The van der Waals surface area contributed by atoms with E-state index in [0.29, 0.717) is 55.8 Å². The first-order valence-corrected chi connectivity index (χ1v) is 15.8. The first-order chi connectivity index (χ1) is 22.7. The van der Waals surface area contributed by atoms with Gasteiger partial charge in [0.25, 0.3) is 11.8 Å². The summed E-state index contributed by atoms with van der Waals surface area (Å²) in [5, 5.41) is 8.39. The second kappa shape index (κ2) is 15.4. The highest BCUT2D eigenvalue weighted by atomic mass is 19.1. The Morgan fingerprint density at radius 3 is 2.55 bits per heavy atom. The van der Waals surface area contributed by atoms with Crippen molar-refractivity contribution in [2.24, 2.45) is 0 Å². The molecule has 3 aromatic rings. The first-order valence-electron chi connectivity index (χ1n) is 15.8. The Kier molecular flexibility index (Phi) is 10.9. The molecule has 0 unspecified atom stereocenters. The predicted octanol–water partition coefficient (Wildman–Crippen LogP) is 4.13. The molecule has 4 amide bonds. The Hall–Kier alpha value is -5.13. The summed E-state index contributed by atoms with van der Waals surface area (Å²) in [5.74, 6) is -0.786. The van der Waals surface area contributed by atoms with E-state index in [1.807, 2.05) is 6.07 Å². The van der Waals surface area contributed by atoms with Gasteiger partial charge in [0.05, 0.1) is 13.7 Å². The number of halogens is 1. The highest BCUT2D eigenvalue weighted by molar-refractivity contribution is 5.95. The molecule has 47 heavy (non-hydrogen) atoms. The van der Waals surface area contributed by atoms with Gasteiger partial charge in [-0.05, 0) is 78.9 Å². The van der Waals surface area contributed by atoms with Gasteiger partial charge in [0.15, 0.2) is 23.1 Å². The summed E-state index contributed by atoms with van der Waals surface area (Å²) in [4.78, 5) is 54.0. The van der Waals surface area contributed by atoms with E-state index < -0.39 is 17.8 Å². The minimum atomic E-state index is -0.772. The third-order valence-electron chi connectivity index (χ3n) is 8.11. The number of hydrogen-bond donors (Lipinski definition) is 3. The van der Waals surface area contributed by atoms with Crippen LogP contribution >= 0.6 is 0 Å². The number of ether oxygens (including phenoxy) is 3.